The first kappa shape index (κ1) is 13.5. The third-order valence-electron chi connectivity index (χ3n) is 2.37. The Bertz CT molecular complexity index is 555. The van der Waals surface area contributed by atoms with Crippen LogP contribution in [0.4, 0.5) is 0 Å². The maximum absolute atomic E-state index is 6.49. The number of thioether (sulfide) groups is 1. The van der Waals surface area contributed by atoms with Crippen molar-refractivity contribution in [3.05, 3.63) is 35.5 Å². The van der Waals surface area contributed by atoms with E-state index in [1.165, 1.54) is 0 Å². The molecule has 0 bridgehead atoms. The number of rotatable bonds is 2. The van der Waals surface area contributed by atoms with Crippen LogP contribution in [0.3, 0.4) is 0 Å². The lowest BCUT2D eigenvalue weighted by Crippen LogP contribution is -2.06. The molecule has 0 saturated carbocycles. The van der Waals surface area contributed by atoms with Crippen molar-refractivity contribution in [1.29, 1.82) is 0 Å². The quantitative estimate of drug-likeness (QED) is 0.747. The van der Waals surface area contributed by atoms with Gasteiger partial charge < -0.3 is 0 Å². The summed E-state index contributed by atoms with van der Waals surface area (Å²) in [6.07, 6.45) is 1.93. The van der Waals surface area contributed by atoms with Crippen LogP contribution in [0.2, 0.25) is 5.02 Å². The summed E-state index contributed by atoms with van der Waals surface area (Å²) in [5.74, 6) is 0. The minimum atomic E-state index is 0.145. The van der Waals surface area contributed by atoms with Gasteiger partial charge in [-0.25, -0.2) is 0 Å². The number of hydrogen-bond donors (Lipinski definition) is 0. The number of nitrogens with zero attached hydrogens (tertiary/aromatic N) is 2. The molecule has 0 spiro atoms. The van der Waals surface area contributed by atoms with Crippen LogP contribution in [-0.2, 0) is 7.05 Å². The Labute approximate surface area is 117 Å². The Morgan fingerprint density at radius 1 is 1.22 bits per heavy atom. The first-order valence-electron chi connectivity index (χ1n) is 5.84. The topological polar surface area (TPSA) is 17.8 Å². The smallest absolute Gasteiger partial charge is 0.0938 e. The molecule has 0 saturated heterocycles. The molecule has 4 heteroatoms. The molecule has 0 fully saturated rings. The lowest BCUT2D eigenvalue weighted by Gasteiger charge is -2.19. The molecule has 18 heavy (non-hydrogen) atoms. The van der Waals surface area contributed by atoms with Crippen LogP contribution in [0.25, 0.3) is 11.3 Å². The van der Waals surface area contributed by atoms with E-state index >= 15 is 0 Å². The number of aromatic nitrogens is 2. The van der Waals surface area contributed by atoms with Crippen LogP contribution in [0.1, 0.15) is 20.8 Å². The largest absolute Gasteiger partial charge is 0.275 e. The molecule has 2 aromatic rings. The normalized spacial score (nSPS) is 11.8. The van der Waals surface area contributed by atoms with Gasteiger partial charge in [0.15, 0.2) is 0 Å². The van der Waals surface area contributed by atoms with Gasteiger partial charge in [-0.2, -0.15) is 5.10 Å². The lowest BCUT2D eigenvalue weighted by atomic mass is 10.1. The molecule has 0 N–H and O–H groups in total. The number of benzene rings is 1. The number of halogens is 1. The minimum absolute atomic E-state index is 0.145. The predicted molar refractivity (Wildman–Crippen MR) is 79.3 cm³/mol. The molecular weight excluding hydrogens is 264 g/mol. The van der Waals surface area contributed by atoms with Crippen LogP contribution in [-0.4, -0.2) is 14.5 Å². The monoisotopic (exact) mass is 280 g/mol. The lowest BCUT2D eigenvalue weighted by molar-refractivity contribution is 0.771. The van der Waals surface area contributed by atoms with Crippen molar-refractivity contribution in [3.63, 3.8) is 0 Å². The van der Waals surface area contributed by atoms with Gasteiger partial charge in [-0.3, -0.25) is 4.68 Å². The van der Waals surface area contributed by atoms with Crippen molar-refractivity contribution < 1.29 is 0 Å². The second kappa shape index (κ2) is 4.98. The second-order valence-corrected chi connectivity index (χ2v) is 7.45. The standard InChI is InChI=1S/C14H17ClN2S/c1-14(2,3)18-12-7-5-6-10(13(12)15)11-8-9-17(4)16-11/h5-9H,1-4H3. The summed E-state index contributed by atoms with van der Waals surface area (Å²) in [4.78, 5) is 1.10. The average molecular weight is 281 g/mol. The predicted octanol–water partition coefficient (Wildman–Crippen LogP) is 4.63. The zero-order chi connectivity index (χ0) is 13.3. The molecule has 2 nitrogen and oxygen atoms in total. The first-order valence-corrected chi connectivity index (χ1v) is 7.04. The molecule has 1 aromatic heterocycles. The summed E-state index contributed by atoms with van der Waals surface area (Å²) in [5, 5.41) is 5.19. The summed E-state index contributed by atoms with van der Waals surface area (Å²) >= 11 is 8.27. The Balaban J connectivity index is 2.42. The summed E-state index contributed by atoms with van der Waals surface area (Å²) in [6.45, 7) is 6.55. The van der Waals surface area contributed by atoms with Crippen molar-refractivity contribution in [1.82, 2.24) is 9.78 Å². The zero-order valence-corrected chi connectivity index (χ0v) is 12.6. The average Bonchev–Trinajstić information content (AvgIpc) is 2.66. The van der Waals surface area contributed by atoms with Crippen LogP contribution < -0.4 is 0 Å². The molecule has 0 aliphatic carbocycles. The van der Waals surface area contributed by atoms with Gasteiger partial charge in [0.2, 0.25) is 0 Å². The summed E-state index contributed by atoms with van der Waals surface area (Å²) in [5.41, 5.74) is 1.91. The fraction of sp³-hybridized carbons (Fsp3) is 0.357. The summed E-state index contributed by atoms with van der Waals surface area (Å²) in [6, 6.07) is 8.08. The van der Waals surface area contributed by atoms with Crippen molar-refractivity contribution in [2.45, 2.75) is 30.4 Å². The highest BCUT2D eigenvalue weighted by atomic mass is 35.5. The molecule has 0 amide bonds. The van der Waals surface area contributed by atoms with E-state index in [0.717, 1.165) is 21.2 Å². The van der Waals surface area contributed by atoms with E-state index < -0.39 is 0 Å². The van der Waals surface area contributed by atoms with E-state index in [4.69, 9.17) is 11.6 Å². The maximum Gasteiger partial charge on any atom is 0.0938 e. The van der Waals surface area contributed by atoms with E-state index in [0.29, 0.717) is 0 Å². The summed E-state index contributed by atoms with van der Waals surface area (Å²) < 4.78 is 1.93. The Hall–Kier alpha value is -0.930. The third-order valence-corrected chi connectivity index (χ3v) is 4.06. The molecule has 96 valence electrons. The minimum Gasteiger partial charge on any atom is -0.275 e. The van der Waals surface area contributed by atoms with E-state index in [1.54, 1.807) is 16.4 Å². The highest BCUT2D eigenvalue weighted by Crippen LogP contribution is 2.40. The van der Waals surface area contributed by atoms with Gasteiger partial charge in [-0.15, -0.1) is 11.8 Å². The van der Waals surface area contributed by atoms with Crippen LogP contribution in [0, 0.1) is 0 Å². The zero-order valence-electron chi connectivity index (χ0n) is 11.1. The van der Waals surface area contributed by atoms with E-state index in [9.17, 15) is 0 Å². The number of hydrogen-bond acceptors (Lipinski definition) is 2. The van der Waals surface area contributed by atoms with Crippen molar-refractivity contribution >= 4 is 23.4 Å². The molecule has 0 unspecified atom stereocenters. The van der Waals surface area contributed by atoms with Gasteiger partial charge >= 0.3 is 0 Å². The van der Waals surface area contributed by atoms with Crippen molar-refractivity contribution in [2.24, 2.45) is 7.05 Å². The Morgan fingerprint density at radius 2 is 1.94 bits per heavy atom. The molecule has 0 aliphatic rings. The van der Waals surface area contributed by atoms with Gasteiger partial charge in [0.25, 0.3) is 0 Å². The highest BCUT2D eigenvalue weighted by Gasteiger charge is 2.17. The Kier molecular flexibility index (Phi) is 3.74. The van der Waals surface area contributed by atoms with Gasteiger partial charge in [-0.05, 0) is 12.1 Å². The van der Waals surface area contributed by atoms with E-state index in [2.05, 4.69) is 31.9 Å². The number of aryl methyl sites for hydroxylation is 1. The van der Waals surface area contributed by atoms with Crippen molar-refractivity contribution in [2.75, 3.05) is 0 Å². The fourth-order valence-electron chi connectivity index (χ4n) is 1.68. The summed E-state index contributed by atoms with van der Waals surface area (Å²) in [7, 11) is 1.91. The molecule has 0 atom stereocenters. The fourth-order valence-corrected chi connectivity index (χ4v) is 3.02. The maximum atomic E-state index is 6.49. The van der Waals surface area contributed by atoms with Gasteiger partial charge in [0, 0.05) is 28.5 Å². The van der Waals surface area contributed by atoms with Gasteiger partial charge in [0.1, 0.15) is 0 Å². The van der Waals surface area contributed by atoms with E-state index in [1.807, 2.05) is 31.4 Å². The molecule has 1 aromatic carbocycles. The van der Waals surface area contributed by atoms with Gasteiger partial charge in [-0.1, -0.05) is 44.5 Å². The molecule has 2 rings (SSSR count). The second-order valence-electron chi connectivity index (χ2n) is 5.21. The first-order chi connectivity index (χ1) is 8.37. The molecule has 1 heterocycles. The Morgan fingerprint density at radius 3 is 2.50 bits per heavy atom. The third kappa shape index (κ3) is 3.09. The SMILES string of the molecule is Cn1ccc(-c2cccc(SC(C)(C)C)c2Cl)n1. The van der Waals surface area contributed by atoms with E-state index in [-0.39, 0.29) is 4.75 Å². The molecule has 0 radical (unpaired) electrons. The van der Waals surface area contributed by atoms with Crippen LogP contribution in [0.5, 0.6) is 0 Å². The molecular formula is C14H17ClN2S. The van der Waals surface area contributed by atoms with Crippen molar-refractivity contribution in [3.8, 4) is 11.3 Å². The van der Waals surface area contributed by atoms with Gasteiger partial charge in [0.05, 0.1) is 10.7 Å². The highest BCUT2D eigenvalue weighted by molar-refractivity contribution is 8.00. The molecule has 0 aliphatic heterocycles. The van der Waals surface area contributed by atoms with Crippen LogP contribution in [0.15, 0.2) is 35.4 Å². The van der Waals surface area contributed by atoms with Crippen LogP contribution >= 0.6 is 23.4 Å².